The molecule has 2 aromatic carbocycles. The molecule has 1 aliphatic rings. The molecule has 0 aliphatic carbocycles. The summed E-state index contributed by atoms with van der Waals surface area (Å²) in [4.78, 5) is 38.9. The number of esters is 1. The summed E-state index contributed by atoms with van der Waals surface area (Å²) < 4.78 is 6.41. The summed E-state index contributed by atoms with van der Waals surface area (Å²) in [5.41, 5.74) is 4.54. The lowest BCUT2D eigenvalue weighted by molar-refractivity contribution is -0.144. The van der Waals surface area contributed by atoms with Gasteiger partial charge >= 0.3 is 12.0 Å². The first-order valence-corrected chi connectivity index (χ1v) is 14.2. The summed E-state index contributed by atoms with van der Waals surface area (Å²) >= 11 is 0. The van der Waals surface area contributed by atoms with Crippen LogP contribution in [-0.4, -0.2) is 52.8 Å². The van der Waals surface area contributed by atoms with Crippen molar-refractivity contribution >= 4 is 29.4 Å². The number of benzene rings is 2. The highest BCUT2D eigenvalue weighted by atomic mass is 16.5. The number of nitrogens with one attached hydrogen (secondary N) is 2. The van der Waals surface area contributed by atoms with E-state index >= 15 is 0 Å². The van der Waals surface area contributed by atoms with E-state index in [1.807, 2.05) is 66.4 Å². The number of aryl methyl sites for hydroxylation is 1. The fourth-order valence-electron chi connectivity index (χ4n) is 4.98. The highest BCUT2D eigenvalue weighted by Gasteiger charge is 2.25. The summed E-state index contributed by atoms with van der Waals surface area (Å²) in [7, 11) is 1.33. The van der Waals surface area contributed by atoms with Crippen molar-refractivity contribution in [1.29, 1.82) is 0 Å². The highest BCUT2D eigenvalue weighted by Crippen LogP contribution is 2.28. The number of hydrogen-bond acceptors (Lipinski definition) is 5. The van der Waals surface area contributed by atoms with Crippen LogP contribution in [0.25, 0.3) is 5.69 Å². The van der Waals surface area contributed by atoms with Crippen molar-refractivity contribution in [3.63, 3.8) is 0 Å². The topological polar surface area (TPSA) is 106 Å². The molecule has 3 amide bonds. The lowest BCUT2D eigenvalue weighted by Crippen LogP contribution is -2.39. The van der Waals surface area contributed by atoms with Gasteiger partial charge in [-0.15, -0.1) is 0 Å². The Labute approximate surface area is 242 Å². The summed E-state index contributed by atoms with van der Waals surface area (Å²) in [6, 6.07) is 17.5. The number of amides is 3. The predicted octanol–water partition coefficient (Wildman–Crippen LogP) is 5.86. The second-order valence-corrected chi connectivity index (χ2v) is 11.8. The van der Waals surface area contributed by atoms with Gasteiger partial charge in [-0.05, 0) is 55.9 Å². The largest absolute Gasteiger partial charge is 0.469 e. The zero-order valence-corrected chi connectivity index (χ0v) is 24.7. The van der Waals surface area contributed by atoms with Crippen molar-refractivity contribution in [2.45, 2.75) is 65.2 Å². The molecule has 0 saturated carbocycles. The number of nitrogens with zero attached hydrogens (tertiary/aromatic N) is 3. The summed E-state index contributed by atoms with van der Waals surface area (Å²) in [6.07, 6.45) is 2.83. The van der Waals surface area contributed by atoms with E-state index in [2.05, 4.69) is 36.1 Å². The standard InChI is InChI=1S/C32H41N5O4/c1-22-10-12-25(13-11-22)37-28(21-27(35-37)32(2,3)4)34-31(40)33-26-9-7-6-8-24(26)20-23-16-18-36(19-17-23)29(38)14-15-30(39)41-5/h6-13,21,23H,14-20H2,1-5H3,(H2,33,34,40). The third-order valence-electron chi connectivity index (χ3n) is 7.51. The molecule has 1 aromatic heterocycles. The molecule has 0 spiro atoms. The fourth-order valence-corrected chi connectivity index (χ4v) is 4.98. The molecule has 0 atom stereocenters. The Morgan fingerprint density at radius 1 is 0.976 bits per heavy atom. The van der Waals surface area contributed by atoms with E-state index in [-0.39, 0.29) is 36.2 Å². The number of anilines is 2. The molecule has 1 fully saturated rings. The Bertz CT molecular complexity index is 1370. The maximum absolute atomic E-state index is 13.2. The number of urea groups is 1. The molecular weight excluding hydrogens is 518 g/mol. The Morgan fingerprint density at radius 3 is 2.32 bits per heavy atom. The Morgan fingerprint density at radius 2 is 1.66 bits per heavy atom. The monoisotopic (exact) mass is 559 g/mol. The van der Waals surface area contributed by atoms with E-state index in [0.29, 0.717) is 24.8 Å². The summed E-state index contributed by atoms with van der Waals surface area (Å²) in [5, 5.41) is 10.9. The highest BCUT2D eigenvalue weighted by molar-refractivity contribution is 6.00. The molecule has 4 rings (SSSR count). The van der Waals surface area contributed by atoms with E-state index in [1.54, 1.807) is 4.68 Å². The SMILES string of the molecule is COC(=O)CCC(=O)N1CCC(Cc2ccccc2NC(=O)Nc2cc(C(C)(C)C)nn2-c2ccc(C)cc2)CC1. The molecule has 0 bridgehead atoms. The van der Waals surface area contributed by atoms with Gasteiger partial charge < -0.3 is 15.0 Å². The van der Waals surface area contributed by atoms with Gasteiger partial charge in [-0.2, -0.15) is 5.10 Å². The van der Waals surface area contributed by atoms with E-state index in [0.717, 1.165) is 47.5 Å². The van der Waals surface area contributed by atoms with Gasteiger partial charge in [0.05, 0.1) is 24.9 Å². The van der Waals surface area contributed by atoms with Crippen molar-refractivity contribution in [3.8, 4) is 5.69 Å². The Hall–Kier alpha value is -4.14. The zero-order valence-electron chi connectivity index (χ0n) is 24.7. The third kappa shape index (κ3) is 7.96. The number of para-hydroxylation sites is 1. The molecule has 2 N–H and O–H groups in total. The molecule has 1 saturated heterocycles. The second kappa shape index (κ2) is 13.0. The van der Waals surface area contributed by atoms with Crippen LogP contribution in [0.1, 0.15) is 63.3 Å². The molecule has 9 nitrogen and oxygen atoms in total. The number of methoxy groups -OCH3 is 1. The van der Waals surface area contributed by atoms with Gasteiger partial charge in [0.25, 0.3) is 0 Å². The smallest absolute Gasteiger partial charge is 0.324 e. The molecule has 218 valence electrons. The molecule has 1 aliphatic heterocycles. The first-order chi connectivity index (χ1) is 19.5. The predicted molar refractivity (Wildman–Crippen MR) is 160 cm³/mol. The minimum atomic E-state index is -0.365. The van der Waals surface area contributed by atoms with E-state index in [1.165, 1.54) is 7.11 Å². The fraction of sp³-hybridized carbons (Fsp3) is 0.438. The van der Waals surface area contributed by atoms with Crippen molar-refractivity contribution in [3.05, 3.63) is 71.4 Å². The number of aromatic nitrogens is 2. The van der Waals surface area contributed by atoms with Gasteiger partial charge in [-0.25, -0.2) is 9.48 Å². The third-order valence-corrected chi connectivity index (χ3v) is 7.51. The van der Waals surface area contributed by atoms with Crippen molar-refractivity contribution < 1.29 is 19.1 Å². The van der Waals surface area contributed by atoms with Crippen molar-refractivity contribution in [2.75, 3.05) is 30.8 Å². The van der Waals surface area contributed by atoms with Crippen LogP contribution in [0.15, 0.2) is 54.6 Å². The van der Waals surface area contributed by atoms with Gasteiger partial charge in [0.15, 0.2) is 0 Å². The lowest BCUT2D eigenvalue weighted by atomic mass is 9.89. The first-order valence-electron chi connectivity index (χ1n) is 14.2. The number of ether oxygens (including phenoxy) is 1. The van der Waals surface area contributed by atoms with Crippen LogP contribution >= 0.6 is 0 Å². The summed E-state index contributed by atoms with van der Waals surface area (Å²) in [5.74, 6) is 0.615. The van der Waals surface area contributed by atoms with E-state index in [4.69, 9.17) is 5.10 Å². The molecule has 0 radical (unpaired) electrons. The molecule has 0 unspecified atom stereocenters. The molecule has 9 heteroatoms. The number of hydrogen-bond donors (Lipinski definition) is 2. The average Bonchev–Trinajstić information content (AvgIpc) is 3.37. The number of rotatable bonds is 8. The minimum Gasteiger partial charge on any atom is -0.469 e. The quantitative estimate of drug-likeness (QED) is 0.337. The van der Waals surface area contributed by atoms with Crippen LogP contribution < -0.4 is 10.6 Å². The second-order valence-electron chi connectivity index (χ2n) is 11.8. The number of carbonyl (C=O) groups is 3. The Kier molecular flexibility index (Phi) is 9.47. The average molecular weight is 560 g/mol. The number of carbonyl (C=O) groups excluding carboxylic acids is 3. The maximum atomic E-state index is 13.2. The molecule has 2 heterocycles. The van der Waals surface area contributed by atoms with Crippen LogP contribution in [0.5, 0.6) is 0 Å². The van der Waals surface area contributed by atoms with Crippen LogP contribution in [0.2, 0.25) is 0 Å². The maximum Gasteiger partial charge on any atom is 0.324 e. The van der Waals surface area contributed by atoms with E-state index < -0.39 is 0 Å². The lowest BCUT2D eigenvalue weighted by Gasteiger charge is -2.32. The van der Waals surface area contributed by atoms with Crippen LogP contribution in [0.3, 0.4) is 0 Å². The van der Waals surface area contributed by atoms with Gasteiger partial charge in [0.2, 0.25) is 5.91 Å². The molecule has 41 heavy (non-hydrogen) atoms. The zero-order chi connectivity index (χ0) is 29.6. The van der Waals surface area contributed by atoms with Gasteiger partial charge in [-0.1, -0.05) is 56.7 Å². The number of likely N-dealkylation sites (tertiary alicyclic amines) is 1. The Balaban J connectivity index is 1.40. The molecular formula is C32H41N5O4. The minimum absolute atomic E-state index is 0.00733. The van der Waals surface area contributed by atoms with Gasteiger partial charge in [-0.3, -0.25) is 14.9 Å². The van der Waals surface area contributed by atoms with Crippen molar-refractivity contribution in [2.24, 2.45) is 5.92 Å². The van der Waals surface area contributed by atoms with Crippen molar-refractivity contribution in [1.82, 2.24) is 14.7 Å². The van der Waals surface area contributed by atoms with Crippen LogP contribution in [0.4, 0.5) is 16.3 Å². The van der Waals surface area contributed by atoms with Gasteiger partial charge in [0, 0.05) is 36.7 Å². The summed E-state index contributed by atoms with van der Waals surface area (Å²) in [6.45, 7) is 9.65. The molecule has 3 aromatic rings. The van der Waals surface area contributed by atoms with Crippen LogP contribution in [-0.2, 0) is 26.2 Å². The van der Waals surface area contributed by atoms with Gasteiger partial charge in [0.1, 0.15) is 5.82 Å². The van der Waals surface area contributed by atoms with E-state index in [9.17, 15) is 14.4 Å². The first kappa shape index (κ1) is 29.8. The normalized spacial score (nSPS) is 14.0. The number of piperidine rings is 1. The van der Waals surface area contributed by atoms with Crippen LogP contribution in [0, 0.1) is 12.8 Å².